The highest BCUT2D eigenvalue weighted by molar-refractivity contribution is 14.1. The smallest absolute Gasteiger partial charge is 0.339 e. The lowest BCUT2D eigenvalue weighted by atomic mass is 9.79. The van der Waals surface area contributed by atoms with Gasteiger partial charge in [0.25, 0.3) is 0 Å². The maximum Gasteiger partial charge on any atom is 0.339 e. The van der Waals surface area contributed by atoms with E-state index in [2.05, 4.69) is 85.8 Å². The second kappa shape index (κ2) is 8.24. The van der Waals surface area contributed by atoms with Crippen molar-refractivity contribution in [2.45, 2.75) is 44.1 Å². The first-order valence-corrected chi connectivity index (χ1v) is 11.7. The van der Waals surface area contributed by atoms with Crippen molar-refractivity contribution in [2.75, 3.05) is 20.1 Å². The van der Waals surface area contributed by atoms with Crippen molar-refractivity contribution in [3.63, 3.8) is 0 Å². The molecule has 0 unspecified atom stereocenters. The molecule has 1 aromatic carbocycles. The minimum Gasteiger partial charge on any atom is -0.455 e. The minimum absolute atomic E-state index is 0.128. The van der Waals surface area contributed by atoms with Gasteiger partial charge in [0, 0.05) is 16.6 Å². The zero-order valence-corrected chi connectivity index (χ0v) is 20.3. The normalized spacial score (nSPS) is 21.8. The van der Waals surface area contributed by atoms with Crippen molar-refractivity contribution in [1.29, 1.82) is 0 Å². The molecule has 1 saturated carbocycles. The van der Waals surface area contributed by atoms with Crippen LogP contribution in [0.2, 0.25) is 0 Å². The average Bonchev–Trinajstić information content (AvgIpc) is 3.01. The van der Waals surface area contributed by atoms with E-state index in [0.717, 1.165) is 55.0 Å². The summed E-state index contributed by atoms with van der Waals surface area (Å²) in [5, 5.41) is 0. The zero-order chi connectivity index (χ0) is 17.3. The van der Waals surface area contributed by atoms with Crippen molar-refractivity contribution < 1.29 is 9.53 Å². The fourth-order valence-electron chi connectivity index (χ4n) is 4.05. The summed E-state index contributed by atoms with van der Waals surface area (Å²) < 4.78 is 9.50. The van der Waals surface area contributed by atoms with Crippen LogP contribution in [-0.2, 0) is 4.74 Å². The largest absolute Gasteiger partial charge is 0.455 e. The lowest BCUT2D eigenvalue weighted by Crippen LogP contribution is -2.45. The third-order valence-corrected chi connectivity index (χ3v) is 9.09. The molecule has 0 N–H and O–H groups in total. The molecular formula is C18H22I3NO2. The van der Waals surface area contributed by atoms with E-state index in [9.17, 15) is 4.79 Å². The molecule has 1 saturated heterocycles. The summed E-state index contributed by atoms with van der Waals surface area (Å²) in [5.41, 5.74) is 0.500. The van der Waals surface area contributed by atoms with E-state index in [1.807, 2.05) is 6.07 Å². The van der Waals surface area contributed by atoms with Crippen LogP contribution < -0.4 is 0 Å². The van der Waals surface area contributed by atoms with Crippen LogP contribution >= 0.6 is 67.8 Å². The first-order valence-electron chi connectivity index (χ1n) is 8.48. The van der Waals surface area contributed by atoms with Gasteiger partial charge in [-0.05, 0) is 139 Å². The van der Waals surface area contributed by atoms with E-state index in [1.165, 1.54) is 12.8 Å². The van der Waals surface area contributed by atoms with Crippen LogP contribution in [0.15, 0.2) is 12.1 Å². The Hall–Kier alpha value is 0.840. The number of ether oxygens (including phenoxy) is 1. The number of rotatable bonds is 3. The molecule has 0 amide bonds. The van der Waals surface area contributed by atoms with Gasteiger partial charge in [-0.2, -0.15) is 0 Å². The first-order chi connectivity index (χ1) is 11.4. The van der Waals surface area contributed by atoms with E-state index in [1.54, 1.807) is 0 Å². The number of nitrogens with zero attached hydrogens (tertiary/aromatic N) is 1. The topological polar surface area (TPSA) is 29.5 Å². The molecule has 3 rings (SSSR count). The molecule has 1 aliphatic carbocycles. The van der Waals surface area contributed by atoms with Crippen molar-refractivity contribution in [1.82, 2.24) is 4.90 Å². The highest BCUT2D eigenvalue weighted by Crippen LogP contribution is 2.44. The van der Waals surface area contributed by atoms with Gasteiger partial charge in [0.1, 0.15) is 5.60 Å². The second-order valence-corrected chi connectivity index (χ2v) is 10.5. The monoisotopic (exact) mass is 665 g/mol. The highest BCUT2D eigenvalue weighted by atomic mass is 127. The van der Waals surface area contributed by atoms with E-state index < -0.39 is 0 Å². The van der Waals surface area contributed by atoms with Crippen molar-refractivity contribution in [3.05, 3.63) is 28.4 Å². The molecule has 0 bridgehead atoms. The fourth-order valence-corrected chi connectivity index (χ4v) is 6.42. The number of benzene rings is 1. The third-order valence-electron chi connectivity index (χ3n) is 5.42. The summed E-state index contributed by atoms with van der Waals surface area (Å²) in [7, 11) is 2.18. The summed E-state index contributed by atoms with van der Waals surface area (Å²) >= 11 is 6.84. The van der Waals surface area contributed by atoms with Gasteiger partial charge >= 0.3 is 5.97 Å². The summed E-state index contributed by atoms with van der Waals surface area (Å²) in [6.07, 6.45) is 6.71. The van der Waals surface area contributed by atoms with Gasteiger partial charge in [0.2, 0.25) is 0 Å². The molecule has 24 heavy (non-hydrogen) atoms. The Morgan fingerprint density at radius 2 is 1.79 bits per heavy atom. The van der Waals surface area contributed by atoms with Gasteiger partial charge in [0.05, 0.1) is 5.56 Å². The van der Waals surface area contributed by atoms with Gasteiger partial charge in [-0.1, -0.05) is 0 Å². The molecule has 0 atom stereocenters. The Morgan fingerprint density at radius 1 is 1.17 bits per heavy atom. The number of hydrogen-bond donors (Lipinski definition) is 0. The number of hydrogen-bond acceptors (Lipinski definition) is 3. The quantitative estimate of drug-likeness (QED) is 0.249. The average molecular weight is 665 g/mol. The Balaban J connectivity index is 1.82. The molecule has 1 aliphatic heterocycles. The van der Waals surface area contributed by atoms with Crippen LogP contribution in [0.5, 0.6) is 0 Å². The van der Waals surface area contributed by atoms with Gasteiger partial charge in [-0.3, -0.25) is 0 Å². The Kier molecular flexibility index (Phi) is 6.73. The number of carbonyl (C=O) groups excluding carboxylic acids is 1. The fraction of sp³-hybridized carbons (Fsp3) is 0.611. The van der Waals surface area contributed by atoms with Crippen LogP contribution in [0.1, 0.15) is 48.9 Å². The SMILES string of the molecule is CN1CCC(C2(OC(=O)c3cc(I)cc(I)c3I)CCCC2)CC1. The van der Waals surface area contributed by atoms with E-state index >= 15 is 0 Å². The Morgan fingerprint density at radius 3 is 2.42 bits per heavy atom. The molecule has 6 heteroatoms. The molecule has 132 valence electrons. The van der Waals surface area contributed by atoms with Crippen LogP contribution in [0.4, 0.5) is 0 Å². The van der Waals surface area contributed by atoms with E-state index in [4.69, 9.17) is 4.74 Å². The van der Waals surface area contributed by atoms with Gasteiger partial charge in [0.15, 0.2) is 0 Å². The standard InChI is InChI=1S/C18H22I3NO2/c1-22-8-4-12(5-9-22)18(6-2-3-7-18)24-17(23)14-10-13(19)11-15(20)16(14)21/h10-12H,2-9H2,1H3. The molecule has 0 radical (unpaired) electrons. The van der Waals surface area contributed by atoms with Gasteiger partial charge in [-0.25, -0.2) is 4.79 Å². The van der Waals surface area contributed by atoms with Crippen molar-refractivity contribution in [2.24, 2.45) is 5.92 Å². The van der Waals surface area contributed by atoms with E-state index in [0.29, 0.717) is 5.92 Å². The molecule has 0 spiro atoms. The Labute approximate surface area is 185 Å². The highest BCUT2D eigenvalue weighted by Gasteiger charge is 2.45. The third kappa shape index (κ3) is 4.21. The number of likely N-dealkylation sites (tertiary alicyclic amines) is 1. The lowest BCUT2D eigenvalue weighted by Gasteiger charge is -2.41. The second-order valence-electron chi connectivity index (χ2n) is 6.99. The maximum absolute atomic E-state index is 13.0. The summed E-state index contributed by atoms with van der Waals surface area (Å²) in [4.78, 5) is 15.4. The van der Waals surface area contributed by atoms with Crippen LogP contribution in [-0.4, -0.2) is 36.6 Å². The van der Waals surface area contributed by atoms with E-state index in [-0.39, 0.29) is 11.6 Å². The van der Waals surface area contributed by atoms with Gasteiger partial charge in [-0.15, -0.1) is 0 Å². The molecule has 1 aromatic rings. The predicted molar refractivity (Wildman–Crippen MR) is 121 cm³/mol. The summed E-state index contributed by atoms with van der Waals surface area (Å²) in [6.45, 7) is 2.23. The summed E-state index contributed by atoms with van der Waals surface area (Å²) in [6, 6.07) is 4.06. The van der Waals surface area contributed by atoms with Gasteiger partial charge < -0.3 is 9.64 Å². The van der Waals surface area contributed by atoms with Crippen LogP contribution in [0, 0.1) is 16.6 Å². The molecular weight excluding hydrogens is 643 g/mol. The zero-order valence-electron chi connectivity index (χ0n) is 13.8. The predicted octanol–water partition coefficient (Wildman–Crippen LogP) is 5.31. The Bertz CT molecular complexity index is 621. The van der Waals surface area contributed by atoms with Crippen molar-refractivity contribution >= 4 is 73.7 Å². The number of halogens is 3. The molecule has 1 heterocycles. The van der Waals surface area contributed by atoms with Crippen LogP contribution in [0.25, 0.3) is 0 Å². The molecule has 0 aromatic heterocycles. The lowest BCUT2D eigenvalue weighted by molar-refractivity contribution is -0.0615. The number of esters is 1. The molecule has 3 nitrogen and oxygen atoms in total. The minimum atomic E-state index is -0.228. The molecule has 2 aliphatic rings. The number of carbonyl (C=O) groups is 1. The van der Waals surface area contributed by atoms with Crippen molar-refractivity contribution in [3.8, 4) is 0 Å². The van der Waals surface area contributed by atoms with Crippen LogP contribution in [0.3, 0.4) is 0 Å². The maximum atomic E-state index is 13.0. The first kappa shape index (κ1) is 19.6. The summed E-state index contributed by atoms with van der Waals surface area (Å²) in [5.74, 6) is 0.385. The molecule has 2 fully saturated rings. The number of piperidine rings is 1.